The molecular formula is C22H23F2N3O5. The molecule has 32 heavy (non-hydrogen) atoms. The first kappa shape index (κ1) is 23.0. The van der Waals surface area contributed by atoms with E-state index < -0.39 is 18.5 Å². The molecule has 0 aliphatic carbocycles. The maximum Gasteiger partial charge on any atom is 0.397 e. The molecule has 3 aromatic rings. The van der Waals surface area contributed by atoms with Gasteiger partial charge in [0.2, 0.25) is 0 Å². The highest BCUT2D eigenvalue weighted by atomic mass is 19.3. The van der Waals surface area contributed by atoms with Crippen LogP contribution in [-0.2, 0) is 27.4 Å². The molecule has 0 N–H and O–H groups in total. The Morgan fingerprint density at radius 1 is 1.16 bits per heavy atom. The number of hydrogen-bond acceptors (Lipinski definition) is 6. The maximum atomic E-state index is 12.5. The van der Waals surface area contributed by atoms with E-state index in [2.05, 4.69) is 9.72 Å². The van der Waals surface area contributed by atoms with Crippen LogP contribution < -0.4 is 14.4 Å². The summed E-state index contributed by atoms with van der Waals surface area (Å²) in [5, 5.41) is 0. The van der Waals surface area contributed by atoms with Gasteiger partial charge in [-0.3, -0.25) is 14.1 Å². The zero-order valence-corrected chi connectivity index (χ0v) is 17.9. The molecule has 0 fully saturated rings. The van der Waals surface area contributed by atoms with E-state index in [4.69, 9.17) is 9.47 Å². The van der Waals surface area contributed by atoms with E-state index in [0.717, 1.165) is 5.56 Å². The molecule has 8 nitrogen and oxygen atoms in total. The van der Waals surface area contributed by atoms with E-state index in [0.29, 0.717) is 29.3 Å². The Hall–Kier alpha value is -3.69. The summed E-state index contributed by atoms with van der Waals surface area (Å²) < 4.78 is 41.3. The van der Waals surface area contributed by atoms with E-state index in [1.54, 1.807) is 41.8 Å². The van der Waals surface area contributed by atoms with E-state index in [9.17, 15) is 18.4 Å². The van der Waals surface area contributed by atoms with Gasteiger partial charge in [0.05, 0.1) is 12.3 Å². The first-order chi connectivity index (χ1) is 15.3. The van der Waals surface area contributed by atoms with Crippen molar-refractivity contribution in [1.29, 1.82) is 0 Å². The van der Waals surface area contributed by atoms with Gasteiger partial charge in [-0.05, 0) is 43.2 Å². The van der Waals surface area contributed by atoms with Crippen LogP contribution in [0.5, 0.6) is 11.5 Å². The molecule has 1 amide bonds. The number of hydrogen-bond donors (Lipinski definition) is 0. The number of imidazole rings is 1. The average Bonchev–Trinajstić information content (AvgIpc) is 3.16. The molecule has 170 valence electrons. The summed E-state index contributed by atoms with van der Waals surface area (Å²) in [6.45, 7) is 0.887. The first-order valence-electron chi connectivity index (χ1n) is 9.97. The average molecular weight is 447 g/mol. The van der Waals surface area contributed by atoms with Crippen LogP contribution in [0.15, 0.2) is 42.6 Å². The third-order valence-electron chi connectivity index (χ3n) is 4.61. The number of aromatic nitrogens is 2. The van der Waals surface area contributed by atoms with Crippen LogP contribution in [0.1, 0.15) is 25.1 Å². The van der Waals surface area contributed by atoms with E-state index in [1.165, 1.54) is 24.1 Å². The third-order valence-corrected chi connectivity index (χ3v) is 4.61. The number of likely N-dealkylation sites (N-methyl/N-ethyl adjacent to an activating group) is 1. The lowest BCUT2D eigenvalue weighted by atomic mass is 10.2. The zero-order chi connectivity index (χ0) is 23.3. The van der Waals surface area contributed by atoms with Crippen molar-refractivity contribution in [2.75, 3.05) is 18.6 Å². The SMILES string of the molecule is CCOC(=O)C(=O)N(C)c1c(CC)nc2c(OCc3ccc(OC(F)F)cc3)cccn12. The van der Waals surface area contributed by atoms with Crippen LogP contribution in [0, 0.1) is 0 Å². The molecule has 0 spiro atoms. The molecule has 0 atom stereocenters. The standard InChI is InChI=1S/C22H23F2N3O5/c1-4-16-19(26(3)20(28)21(29)30-5-2)27-12-6-7-17(18(27)25-16)31-13-14-8-10-15(11-9-14)32-22(23)24/h6-12,22H,4-5,13H2,1-3H3. The van der Waals surface area contributed by atoms with Gasteiger partial charge in [-0.1, -0.05) is 19.1 Å². The van der Waals surface area contributed by atoms with E-state index in [-0.39, 0.29) is 19.0 Å². The van der Waals surface area contributed by atoms with Gasteiger partial charge in [-0.25, -0.2) is 9.78 Å². The van der Waals surface area contributed by atoms with Crippen molar-refractivity contribution in [1.82, 2.24) is 9.38 Å². The molecule has 2 heterocycles. The maximum absolute atomic E-state index is 12.5. The number of fused-ring (bicyclic) bond motifs is 1. The minimum Gasteiger partial charge on any atom is -0.485 e. The summed E-state index contributed by atoms with van der Waals surface area (Å²) in [5.74, 6) is -0.789. The summed E-state index contributed by atoms with van der Waals surface area (Å²) in [6.07, 6.45) is 2.23. The fraction of sp³-hybridized carbons (Fsp3) is 0.318. The minimum atomic E-state index is -2.88. The van der Waals surface area contributed by atoms with Crippen molar-refractivity contribution >= 4 is 23.3 Å². The second-order valence-electron chi connectivity index (χ2n) is 6.70. The normalized spacial score (nSPS) is 10.9. The third kappa shape index (κ3) is 4.96. The molecular weight excluding hydrogens is 424 g/mol. The van der Waals surface area contributed by atoms with Gasteiger partial charge in [-0.15, -0.1) is 0 Å². The number of esters is 1. The molecule has 0 bridgehead atoms. The summed E-state index contributed by atoms with van der Waals surface area (Å²) in [6, 6.07) is 9.58. The number of ether oxygens (including phenoxy) is 3. The van der Waals surface area contributed by atoms with Crippen LogP contribution in [0.2, 0.25) is 0 Å². The quantitative estimate of drug-likeness (QED) is 0.388. The van der Waals surface area contributed by atoms with Crippen molar-refractivity contribution in [3.8, 4) is 11.5 Å². The molecule has 2 aromatic heterocycles. The number of aryl methyl sites for hydroxylation is 1. The van der Waals surface area contributed by atoms with Crippen LogP contribution in [-0.4, -0.2) is 41.5 Å². The predicted molar refractivity (Wildman–Crippen MR) is 112 cm³/mol. The van der Waals surface area contributed by atoms with Crippen molar-refractivity contribution < 1.29 is 32.6 Å². The molecule has 0 aliphatic heterocycles. The number of anilines is 1. The second kappa shape index (κ2) is 10.1. The molecule has 0 saturated heterocycles. The Kier molecular flexibility index (Phi) is 7.24. The monoisotopic (exact) mass is 447 g/mol. The zero-order valence-electron chi connectivity index (χ0n) is 17.9. The van der Waals surface area contributed by atoms with Gasteiger partial charge in [0, 0.05) is 13.2 Å². The Labute approximate surface area is 183 Å². The van der Waals surface area contributed by atoms with Crippen molar-refractivity contribution in [2.24, 2.45) is 0 Å². The molecule has 10 heteroatoms. The Balaban J connectivity index is 1.85. The van der Waals surface area contributed by atoms with Gasteiger partial charge >= 0.3 is 18.5 Å². The lowest BCUT2D eigenvalue weighted by Gasteiger charge is -2.17. The van der Waals surface area contributed by atoms with Gasteiger partial charge in [-0.2, -0.15) is 8.78 Å². The molecule has 0 unspecified atom stereocenters. The number of carbonyl (C=O) groups is 2. The highest BCUT2D eigenvalue weighted by Gasteiger charge is 2.27. The molecule has 0 aliphatic rings. The molecule has 1 aromatic carbocycles. The van der Waals surface area contributed by atoms with Crippen molar-refractivity contribution in [2.45, 2.75) is 33.5 Å². The van der Waals surface area contributed by atoms with E-state index >= 15 is 0 Å². The largest absolute Gasteiger partial charge is 0.485 e. The van der Waals surface area contributed by atoms with Crippen molar-refractivity contribution in [3.05, 3.63) is 53.9 Å². The number of pyridine rings is 1. The number of nitrogens with zero attached hydrogens (tertiary/aromatic N) is 3. The topological polar surface area (TPSA) is 82.4 Å². The summed E-state index contributed by atoms with van der Waals surface area (Å²) in [7, 11) is 1.48. The highest BCUT2D eigenvalue weighted by Crippen LogP contribution is 2.29. The summed E-state index contributed by atoms with van der Waals surface area (Å²) in [4.78, 5) is 30.2. The summed E-state index contributed by atoms with van der Waals surface area (Å²) in [5.41, 5.74) is 1.82. The molecule has 0 saturated carbocycles. The van der Waals surface area contributed by atoms with Gasteiger partial charge < -0.3 is 14.2 Å². The van der Waals surface area contributed by atoms with Crippen LogP contribution in [0.4, 0.5) is 14.6 Å². The van der Waals surface area contributed by atoms with Gasteiger partial charge in [0.1, 0.15) is 18.2 Å². The highest BCUT2D eigenvalue weighted by molar-refractivity contribution is 6.37. The number of halogens is 2. The Morgan fingerprint density at radius 3 is 2.50 bits per heavy atom. The minimum absolute atomic E-state index is 0.0608. The number of amides is 1. The summed E-state index contributed by atoms with van der Waals surface area (Å²) >= 11 is 0. The van der Waals surface area contributed by atoms with Gasteiger partial charge in [0.25, 0.3) is 0 Å². The van der Waals surface area contributed by atoms with Gasteiger partial charge in [0.15, 0.2) is 11.4 Å². The fourth-order valence-corrected chi connectivity index (χ4v) is 3.14. The Morgan fingerprint density at radius 2 is 1.88 bits per heavy atom. The number of alkyl halides is 2. The van der Waals surface area contributed by atoms with E-state index in [1.807, 2.05) is 6.92 Å². The lowest BCUT2D eigenvalue weighted by Crippen LogP contribution is -2.35. The smallest absolute Gasteiger partial charge is 0.397 e. The molecule has 0 radical (unpaired) electrons. The second-order valence-corrected chi connectivity index (χ2v) is 6.70. The first-order valence-corrected chi connectivity index (χ1v) is 9.97. The Bertz CT molecular complexity index is 1100. The van der Waals surface area contributed by atoms with Crippen molar-refractivity contribution in [3.63, 3.8) is 0 Å². The lowest BCUT2D eigenvalue weighted by molar-refractivity contribution is -0.153. The predicted octanol–water partition coefficient (Wildman–Crippen LogP) is 3.60. The fourth-order valence-electron chi connectivity index (χ4n) is 3.14. The number of benzene rings is 1. The van der Waals surface area contributed by atoms with Crippen LogP contribution in [0.3, 0.4) is 0 Å². The molecule has 3 rings (SSSR count). The van der Waals surface area contributed by atoms with Crippen LogP contribution >= 0.6 is 0 Å². The number of carbonyl (C=O) groups excluding carboxylic acids is 2. The number of rotatable bonds is 8. The van der Waals surface area contributed by atoms with Crippen LogP contribution in [0.25, 0.3) is 5.65 Å².